The molecule has 2 bridgehead atoms. The second-order valence-electron chi connectivity index (χ2n) is 11.0. The summed E-state index contributed by atoms with van der Waals surface area (Å²) >= 11 is 0. The van der Waals surface area contributed by atoms with Gasteiger partial charge in [0.05, 0.1) is 34.8 Å². The molecule has 3 aliphatic rings. The van der Waals surface area contributed by atoms with Gasteiger partial charge in [-0.3, -0.25) is 9.78 Å². The highest BCUT2D eigenvalue weighted by Gasteiger charge is 2.51. The number of amides is 1. The minimum Gasteiger partial charge on any atom is -0.434 e. The van der Waals surface area contributed by atoms with Gasteiger partial charge in [-0.05, 0) is 44.4 Å². The molecule has 3 aromatic heterocycles. The van der Waals surface area contributed by atoms with Gasteiger partial charge in [0, 0.05) is 34.4 Å². The Kier molecular flexibility index (Phi) is 5.11. The van der Waals surface area contributed by atoms with Crippen molar-refractivity contribution in [2.24, 2.45) is 5.73 Å². The van der Waals surface area contributed by atoms with E-state index in [4.69, 9.17) is 10.5 Å². The van der Waals surface area contributed by atoms with Crippen molar-refractivity contribution in [3.05, 3.63) is 76.4 Å². The van der Waals surface area contributed by atoms with E-state index in [1.54, 1.807) is 6.92 Å². The van der Waals surface area contributed by atoms with Gasteiger partial charge >= 0.3 is 6.61 Å². The average molecular weight is 555 g/mol. The lowest BCUT2D eigenvalue weighted by Gasteiger charge is -2.48. The molecule has 0 spiro atoms. The molecule has 4 N–H and O–H groups in total. The topological polar surface area (TPSA) is 128 Å². The van der Waals surface area contributed by atoms with Gasteiger partial charge in [-0.1, -0.05) is 6.07 Å². The molecule has 2 aliphatic carbocycles. The summed E-state index contributed by atoms with van der Waals surface area (Å²) in [5, 5.41) is 17.4. The van der Waals surface area contributed by atoms with E-state index in [2.05, 4.69) is 20.4 Å². The van der Waals surface area contributed by atoms with Gasteiger partial charge < -0.3 is 20.9 Å². The molecule has 1 aromatic carbocycles. The number of fused-ring (bicyclic) bond motifs is 9. The summed E-state index contributed by atoms with van der Waals surface area (Å²) in [5.74, 6) is -2.76. The number of benzene rings is 1. The van der Waals surface area contributed by atoms with Crippen LogP contribution in [0.2, 0.25) is 0 Å². The highest BCUT2D eigenvalue weighted by molar-refractivity contribution is 5.98. The Morgan fingerprint density at radius 1 is 1.23 bits per heavy atom. The molecule has 4 aromatic rings. The maximum absolute atomic E-state index is 15.3. The Labute approximate surface area is 224 Å². The molecule has 1 aliphatic heterocycles. The molecular formula is C27H22F4N6O3. The van der Waals surface area contributed by atoms with Gasteiger partial charge in [0.1, 0.15) is 17.3 Å². The van der Waals surface area contributed by atoms with Crippen LogP contribution in [0.4, 0.5) is 17.6 Å². The van der Waals surface area contributed by atoms with E-state index in [1.165, 1.54) is 28.9 Å². The number of nitrogens with one attached hydrogen (secondary N) is 1. The van der Waals surface area contributed by atoms with Crippen LogP contribution < -0.4 is 15.8 Å². The van der Waals surface area contributed by atoms with Gasteiger partial charge in [0.15, 0.2) is 11.5 Å². The highest BCUT2D eigenvalue weighted by atomic mass is 19.3. The molecule has 7 rings (SSSR count). The lowest BCUT2D eigenvalue weighted by Crippen LogP contribution is -2.59. The van der Waals surface area contributed by atoms with Crippen molar-refractivity contribution >= 4 is 11.6 Å². The van der Waals surface area contributed by atoms with Gasteiger partial charge in [0.25, 0.3) is 5.91 Å². The molecular weight excluding hydrogens is 532 g/mol. The molecule has 4 heterocycles. The fourth-order valence-electron chi connectivity index (χ4n) is 6.58. The third kappa shape index (κ3) is 3.60. The Morgan fingerprint density at radius 2 is 2.00 bits per heavy atom. The fourth-order valence-corrected chi connectivity index (χ4v) is 6.58. The number of aromatic nitrogens is 4. The highest BCUT2D eigenvalue weighted by Crippen LogP contribution is 2.51. The summed E-state index contributed by atoms with van der Waals surface area (Å²) in [7, 11) is 0. The number of rotatable bonds is 4. The maximum atomic E-state index is 15.3. The Balaban J connectivity index is 1.35. The normalized spacial score (nSPS) is 26.8. The van der Waals surface area contributed by atoms with E-state index in [-0.39, 0.29) is 52.3 Å². The predicted molar refractivity (Wildman–Crippen MR) is 132 cm³/mol. The molecule has 9 nitrogen and oxygen atoms in total. The van der Waals surface area contributed by atoms with E-state index >= 15 is 8.78 Å². The number of hydrogen-bond donors (Lipinski definition) is 3. The first-order valence-corrected chi connectivity index (χ1v) is 12.6. The number of aliphatic hydroxyl groups is 1. The Morgan fingerprint density at radius 3 is 2.70 bits per heavy atom. The number of halogens is 4. The number of ether oxygens (including phenoxy) is 1. The number of alkyl halides is 2. The number of nitrogens with two attached hydrogens (primary N) is 1. The van der Waals surface area contributed by atoms with Gasteiger partial charge in [-0.25, -0.2) is 18.3 Å². The first-order valence-electron chi connectivity index (χ1n) is 12.6. The third-order valence-corrected chi connectivity index (χ3v) is 7.94. The fraction of sp³-hybridized carbons (Fsp3) is 0.333. The zero-order valence-corrected chi connectivity index (χ0v) is 21.0. The zero-order valence-electron chi connectivity index (χ0n) is 21.0. The average Bonchev–Trinajstić information content (AvgIpc) is 3.33. The summed E-state index contributed by atoms with van der Waals surface area (Å²) in [6, 6.07) is 4.87. The molecule has 1 fully saturated rings. The second-order valence-corrected chi connectivity index (χ2v) is 11.0. The summed E-state index contributed by atoms with van der Waals surface area (Å²) in [5.41, 5.74) is 5.56. The molecule has 2 atom stereocenters. The molecule has 13 heteroatoms. The van der Waals surface area contributed by atoms with Crippen molar-refractivity contribution in [2.45, 2.75) is 55.9 Å². The number of pyridine rings is 1. The number of hydrogen-bond acceptors (Lipinski definition) is 7. The lowest BCUT2D eigenvalue weighted by atomic mass is 9.64. The zero-order chi connectivity index (χ0) is 28.1. The number of carbonyl (C=O) groups is 1. The first kappa shape index (κ1) is 24.9. The van der Waals surface area contributed by atoms with E-state index in [0.717, 1.165) is 12.3 Å². The molecule has 1 amide bonds. The van der Waals surface area contributed by atoms with Crippen LogP contribution in [-0.2, 0) is 5.54 Å². The van der Waals surface area contributed by atoms with E-state index in [1.807, 2.05) is 0 Å². The van der Waals surface area contributed by atoms with Crippen LogP contribution in [0, 0.1) is 11.6 Å². The van der Waals surface area contributed by atoms with Crippen LogP contribution in [0.15, 0.2) is 36.7 Å². The van der Waals surface area contributed by atoms with E-state index < -0.39 is 47.3 Å². The maximum Gasteiger partial charge on any atom is 0.387 e. The van der Waals surface area contributed by atoms with Crippen molar-refractivity contribution in [2.75, 3.05) is 0 Å². The van der Waals surface area contributed by atoms with Gasteiger partial charge in [0.2, 0.25) is 0 Å². The van der Waals surface area contributed by atoms with Crippen LogP contribution in [0.3, 0.4) is 0 Å². The third-order valence-electron chi connectivity index (χ3n) is 7.94. The predicted octanol–water partition coefficient (Wildman–Crippen LogP) is 3.69. The van der Waals surface area contributed by atoms with Crippen LogP contribution in [0.25, 0.3) is 16.9 Å². The van der Waals surface area contributed by atoms with E-state index in [9.17, 15) is 18.7 Å². The summed E-state index contributed by atoms with van der Waals surface area (Å²) in [6.45, 7) is -1.51. The molecule has 0 unspecified atom stereocenters. The summed E-state index contributed by atoms with van der Waals surface area (Å²) in [6.07, 6.45) is 2.93. The van der Waals surface area contributed by atoms with Crippen LogP contribution >= 0.6 is 0 Å². The van der Waals surface area contributed by atoms with Crippen molar-refractivity contribution in [3.63, 3.8) is 0 Å². The van der Waals surface area contributed by atoms with Crippen molar-refractivity contribution in [3.8, 4) is 17.0 Å². The second kappa shape index (κ2) is 8.21. The van der Waals surface area contributed by atoms with E-state index in [0.29, 0.717) is 17.7 Å². The van der Waals surface area contributed by atoms with Crippen LogP contribution in [-0.4, -0.2) is 42.8 Å². The summed E-state index contributed by atoms with van der Waals surface area (Å²) < 4.78 is 63.0. The standard InChI is InChI=1S/C27H22F4N6O3/c1-26(39)9-27(32,10-26)22-14(28)5-11(7-33-22)20-15(29)8-37-23(35-20)19-13-6-16(21(19)36-37)34-24(38)12-3-2-4-17(18(12)13)40-25(30)31/h2-5,7-8,13,16,25,39H,6,9-10,32H2,1H3,(H,34,38)/t13-,16-,26?,27?/m1/s1. The Bertz CT molecular complexity index is 1730. The monoisotopic (exact) mass is 554 g/mol. The number of nitrogens with zero attached hydrogens (tertiary/aromatic N) is 4. The van der Waals surface area contributed by atoms with Crippen molar-refractivity contribution in [1.82, 2.24) is 24.9 Å². The van der Waals surface area contributed by atoms with Crippen LogP contribution in [0.5, 0.6) is 5.75 Å². The minimum atomic E-state index is -3.11. The SMILES string of the molecule is CC1(O)CC(N)(c2ncc(-c3nc4c5c(nn4cc3F)[C@H]3C[C@@H]5c4c(OC(F)F)cccc4C(=O)N3)cc2F)C1. The van der Waals surface area contributed by atoms with Gasteiger partial charge in [-0.2, -0.15) is 13.9 Å². The smallest absolute Gasteiger partial charge is 0.387 e. The van der Waals surface area contributed by atoms with Crippen molar-refractivity contribution in [1.29, 1.82) is 0 Å². The Hall–Kier alpha value is -4.10. The lowest BCUT2D eigenvalue weighted by molar-refractivity contribution is -0.0764. The summed E-state index contributed by atoms with van der Waals surface area (Å²) in [4.78, 5) is 21.6. The molecule has 1 saturated carbocycles. The molecule has 0 saturated heterocycles. The molecule has 0 radical (unpaired) electrons. The molecule has 206 valence electrons. The van der Waals surface area contributed by atoms with Crippen molar-refractivity contribution < 1.29 is 32.2 Å². The minimum absolute atomic E-state index is 0.0292. The first-order chi connectivity index (χ1) is 18.9. The van der Waals surface area contributed by atoms with Gasteiger partial charge in [-0.15, -0.1) is 0 Å². The number of carbonyl (C=O) groups excluding carboxylic acids is 1. The van der Waals surface area contributed by atoms with Crippen LogP contribution in [0.1, 0.15) is 71.0 Å². The quantitative estimate of drug-likeness (QED) is 0.329. The largest absolute Gasteiger partial charge is 0.434 e. The molecule has 40 heavy (non-hydrogen) atoms.